The van der Waals surface area contributed by atoms with Crippen molar-refractivity contribution in [3.8, 4) is 0 Å². The third-order valence-electron chi connectivity index (χ3n) is 5.29. The van der Waals surface area contributed by atoms with Gasteiger partial charge in [0.1, 0.15) is 6.54 Å². The molecule has 0 saturated heterocycles. The Morgan fingerprint density at radius 2 is 1.94 bits per heavy atom. The van der Waals surface area contributed by atoms with E-state index in [1.54, 1.807) is 11.8 Å². The highest BCUT2D eigenvalue weighted by molar-refractivity contribution is 8.03. The van der Waals surface area contributed by atoms with Crippen molar-refractivity contribution in [1.29, 1.82) is 0 Å². The fourth-order valence-corrected chi connectivity index (χ4v) is 5.75. The minimum atomic E-state index is -3.98. The van der Waals surface area contributed by atoms with Crippen LogP contribution in [0.2, 0.25) is 5.02 Å². The van der Waals surface area contributed by atoms with Gasteiger partial charge in [-0.05, 0) is 56.2 Å². The summed E-state index contributed by atoms with van der Waals surface area (Å²) in [7, 11) is -3.98. The molecule has 5 nitrogen and oxygen atoms in total. The van der Waals surface area contributed by atoms with Crippen molar-refractivity contribution < 1.29 is 17.5 Å². The summed E-state index contributed by atoms with van der Waals surface area (Å²) in [5, 5.41) is 2.85. The SMILES string of the molecule is CC[n+]1c(/C=C2\Sc3cc(C)ccc3N2CCCS(=O)(=O)O)ccc2ccc(Cl)cc21. The average molecular weight is 476 g/mol. The number of hydrogen-bond donors (Lipinski definition) is 1. The fraction of sp³-hybridized carbons (Fsp3) is 0.261. The zero-order valence-corrected chi connectivity index (χ0v) is 19.8. The Morgan fingerprint density at radius 1 is 1.16 bits per heavy atom. The first-order valence-electron chi connectivity index (χ1n) is 10.1. The highest BCUT2D eigenvalue weighted by atomic mass is 35.5. The molecule has 0 unspecified atom stereocenters. The van der Waals surface area contributed by atoms with Crippen LogP contribution >= 0.6 is 23.4 Å². The molecule has 162 valence electrons. The van der Waals surface area contributed by atoms with Crippen LogP contribution in [0, 0.1) is 6.92 Å². The Hall–Kier alpha value is -2.06. The Morgan fingerprint density at radius 3 is 2.68 bits per heavy atom. The molecule has 3 aromatic rings. The first-order valence-corrected chi connectivity index (χ1v) is 12.9. The number of thioether (sulfide) groups is 1. The molecule has 0 bridgehead atoms. The molecule has 8 heteroatoms. The molecule has 0 amide bonds. The maximum absolute atomic E-state index is 11.2. The molecule has 1 N–H and O–H groups in total. The van der Waals surface area contributed by atoms with E-state index in [2.05, 4.69) is 59.7 Å². The van der Waals surface area contributed by atoms with Crippen LogP contribution < -0.4 is 9.47 Å². The summed E-state index contributed by atoms with van der Waals surface area (Å²) in [4.78, 5) is 3.28. The van der Waals surface area contributed by atoms with E-state index in [1.807, 2.05) is 18.2 Å². The number of rotatable bonds is 6. The molecule has 2 aromatic carbocycles. The van der Waals surface area contributed by atoms with Crippen LogP contribution in [0.3, 0.4) is 0 Å². The second kappa shape index (κ2) is 8.82. The smallest absolute Gasteiger partial charge is 0.264 e. The molecular formula is C23H24ClN2O3S2+. The molecule has 4 rings (SSSR count). The standard InChI is InChI=1S/C23H23ClN2O3S2/c1-3-25-19(9-7-17-6-8-18(24)14-21(17)25)15-23-26(11-4-12-31(27,28)29)20-10-5-16(2)13-22(20)30-23/h5-10,13-15H,3-4,11-12H2,1-2H3/p+1. The van der Waals surface area contributed by atoms with E-state index in [4.69, 9.17) is 16.2 Å². The van der Waals surface area contributed by atoms with Gasteiger partial charge in [0.2, 0.25) is 11.2 Å². The number of fused-ring (bicyclic) bond motifs is 2. The van der Waals surface area contributed by atoms with E-state index in [0.717, 1.165) is 38.8 Å². The molecule has 1 aliphatic heterocycles. The van der Waals surface area contributed by atoms with Crippen LogP contribution in [0.1, 0.15) is 24.6 Å². The lowest BCUT2D eigenvalue weighted by Gasteiger charge is -2.20. The molecule has 0 saturated carbocycles. The lowest BCUT2D eigenvalue weighted by molar-refractivity contribution is -0.669. The quantitative estimate of drug-likeness (QED) is 0.387. The first-order chi connectivity index (χ1) is 14.7. The summed E-state index contributed by atoms with van der Waals surface area (Å²) in [6.07, 6.45) is 2.47. The van der Waals surface area contributed by atoms with Crippen LogP contribution in [-0.4, -0.2) is 25.3 Å². The number of nitrogens with zero attached hydrogens (tertiary/aromatic N) is 2. The summed E-state index contributed by atoms with van der Waals surface area (Å²) in [6.45, 7) is 5.45. The number of anilines is 1. The number of aromatic nitrogens is 1. The lowest BCUT2D eigenvalue weighted by atomic mass is 10.1. The van der Waals surface area contributed by atoms with Crippen molar-refractivity contribution in [2.75, 3.05) is 17.2 Å². The molecule has 2 heterocycles. The highest BCUT2D eigenvalue weighted by Crippen LogP contribution is 2.47. The van der Waals surface area contributed by atoms with Gasteiger partial charge in [-0.3, -0.25) is 4.55 Å². The van der Waals surface area contributed by atoms with Crippen LogP contribution in [-0.2, 0) is 16.7 Å². The van der Waals surface area contributed by atoms with Gasteiger partial charge in [-0.2, -0.15) is 13.0 Å². The number of halogens is 1. The van der Waals surface area contributed by atoms with Crippen molar-refractivity contribution in [3.63, 3.8) is 0 Å². The Balaban J connectivity index is 1.76. The maximum atomic E-state index is 11.2. The third kappa shape index (κ3) is 4.90. The minimum Gasteiger partial charge on any atom is -0.335 e. The van der Waals surface area contributed by atoms with Gasteiger partial charge in [0.05, 0.1) is 16.5 Å². The van der Waals surface area contributed by atoms with E-state index >= 15 is 0 Å². The summed E-state index contributed by atoms with van der Waals surface area (Å²) in [5.74, 6) is -0.258. The summed E-state index contributed by atoms with van der Waals surface area (Å²) >= 11 is 7.93. The Bertz CT molecular complexity index is 1290. The first kappa shape index (κ1) is 22.1. The van der Waals surface area contributed by atoms with Gasteiger partial charge in [0, 0.05) is 40.1 Å². The van der Waals surface area contributed by atoms with E-state index < -0.39 is 10.1 Å². The number of benzene rings is 2. The van der Waals surface area contributed by atoms with E-state index in [1.165, 1.54) is 5.56 Å². The maximum Gasteiger partial charge on any atom is 0.264 e. The number of aryl methyl sites for hydroxylation is 2. The average Bonchev–Trinajstić information content (AvgIpc) is 3.03. The molecule has 0 aliphatic carbocycles. The van der Waals surface area contributed by atoms with Crippen molar-refractivity contribution in [3.05, 3.63) is 69.8 Å². The van der Waals surface area contributed by atoms with Gasteiger partial charge in [0.25, 0.3) is 10.1 Å². The van der Waals surface area contributed by atoms with Crippen LogP contribution in [0.5, 0.6) is 0 Å². The molecule has 31 heavy (non-hydrogen) atoms. The third-order valence-corrected chi connectivity index (χ3v) is 7.42. The van der Waals surface area contributed by atoms with Gasteiger partial charge >= 0.3 is 0 Å². The second-order valence-corrected chi connectivity index (χ2v) is 10.6. The zero-order chi connectivity index (χ0) is 22.2. The molecule has 1 aromatic heterocycles. The Kier molecular flexibility index (Phi) is 6.30. The molecule has 0 spiro atoms. The lowest BCUT2D eigenvalue weighted by Crippen LogP contribution is -2.37. The number of hydrogen-bond acceptors (Lipinski definition) is 4. The largest absolute Gasteiger partial charge is 0.335 e. The molecule has 1 aliphatic rings. The minimum absolute atomic E-state index is 0.258. The van der Waals surface area contributed by atoms with Crippen molar-refractivity contribution in [2.24, 2.45) is 0 Å². The van der Waals surface area contributed by atoms with Crippen molar-refractivity contribution in [1.82, 2.24) is 0 Å². The Labute approximate surface area is 192 Å². The van der Waals surface area contributed by atoms with E-state index in [-0.39, 0.29) is 5.75 Å². The topological polar surface area (TPSA) is 61.5 Å². The molecule has 0 fully saturated rings. The van der Waals surface area contributed by atoms with E-state index in [0.29, 0.717) is 18.0 Å². The highest BCUT2D eigenvalue weighted by Gasteiger charge is 2.27. The van der Waals surface area contributed by atoms with Crippen LogP contribution in [0.15, 0.2) is 58.5 Å². The normalized spacial score (nSPS) is 15.1. The molecule has 0 radical (unpaired) electrons. The monoisotopic (exact) mass is 475 g/mol. The van der Waals surface area contributed by atoms with E-state index in [9.17, 15) is 8.42 Å². The van der Waals surface area contributed by atoms with Crippen LogP contribution in [0.4, 0.5) is 5.69 Å². The summed E-state index contributed by atoms with van der Waals surface area (Å²) in [6, 6.07) is 16.3. The predicted molar refractivity (Wildman–Crippen MR) is 128 cm³/mol. The summed E-state index contributed by atoms with van der Waals surface area (Å²) in [5.41, 5.74) is 4.35. The van der Waals surface area contributed by atoms with Gasteiger partial charge < -0.3 is 4.90 Å². The molecule has 0 atom stereocenters. The summed E-state index contributed by atoms with van der Waals surface area (Å²) < 4.78 is 33.8. The van der Waals surface area contributed by atoms with Crippen molar-refractivity contribution >= 4 is 56.1 Å². The molecular weight excluding hydrogens is 452 g/mol. The fourth-order valence-electron chi connectivity index (χ4n) is 3.86. The van der Waals surface area contributed by atoms with Crippen molar-refractivity contribution in [2.45, 2.75) is 31.7 Å². The van der Waals surface area contributed by atoms with Gasteiger partial charge in [-0.15, -0.1) is 0 Å². The number of pyridine rings is 1. The second-order valence-electron chi connectivity index (χ2n) is 7.55. The van der Waals surface area contributed by atoms with Crippen LogP contribution in [0.25, 0.3) is 17.0 Å². The zero-order valence-electron chi connectivity index (χ0n) is 17.4. The van der Waals surface area contributed by atoms with Gasteiger partial charge in [-0.1, -0.05) is 29.4 Å². The van der Waals surface area contributed by atoms with Gasteiger partial charge in [-0.25, -0.2) is 0 Å². The predicted octanol–water partition coefficient (Wildman–Crippen LogP) is 5.30. The van der Waals surface area contributed by atoms with Gasteiger partial charge in [0.15, 0.2) is 0 Å².